The summed E-state index contributed by atoms with van der Waals surface area (Å²) in [5.41, 5.74) is 0.290. The molecule has 1 unspecified atom stereocenters. The van der Waals surface area contributed by atoms with Crippen LogP contribution < -0.4 is 0 Å². The lowest BCUT2D eigenvalue weighted by molar-refractivity contribution is -0.138. The second kappa shape index (κ2) is 4.17. The number of carboxylic acids is 1. The van der Waals surface area contributed by atoms with E-state index in [9.17, 15) is 13.6 Å². The number of carboxylic acid groups (broad SMARTS) is 1. The molecule has 1 atom stereocenters. The average Bonchev–Trinajstić information content (AvgIpc) is 2.16. The van der Waals surface area contributed by atoms with Gasteiger partial charge in [-0.05, 0) is 18.6 Å². The number of carbonyl (C=O) groups is 1. The maximum Gasteiger partial charge on any atom is 0.310 e. The van der Waals surface area contributed by atoms with Gasteiger partial charge in [0.05, 0.1) is 5.92 Å². The SMILES string of the molecule is CC(C(=O)O)c1ccc(CF)c(F)c1. The fourth-order valence-electron chi connectivity index (χ4n) is 1.08. The summed E-state index contributed by atoms with van der Waals surface area (Å²) < 4.78 is 25.2. The van der Waals surface area contributed by atoms with Crippen LogP contribution >= 0.6 is 0 Å². The van der Waals surface area contributed by atoms with Gasteiger partial charge in [0, 0.05) is 5.56 Å². The molecule has 0 aliphatic heterocycles. The van der Waals surface area contributed by atoms with Crippen LogP contribution in [-0.2, 0) is 11.5 Å². The maximum absolute atomic E-state index is 13.0. The van der Waals surface area contributed by atoms with Crippen molar-refractivity contribution >= 4 is 5.97 Å². The van der Waals surface area contributed by atoms with Crippen LogP contribution in [0.2, 0.25) is 0 Å². The molecule has 2 nitrogen and oxygen atoms in total. The van der Waals surface area contributed by atoms with Crippen LogP contribution in [0.3, 0.4) is 0 Å². The van der Waals surface area contributed by atoms with Crippen molar-refractivity contribution in [2.45, 2.75) is 19.5 Å². The Morgan fingerprint density at radius 3 is 2.64 bits per heavy atom. The van der Waals surface area contributed by atoms with Crippen molar-refractivity contribution < 1.29 is 18.7 Å². The van der Waals surface area contributed by atoms with Gasteiger partial charge in [0.15, 0.2) is 0 Å². The van der Waals surface area contributed by atoms with Gasteiger partial charge in [-0.15, -0.1) is 0 Å². The predicted molar refractivity (Wildman–Crippen MR) is 47.3 cm³/mol. The molecule has 0 bridgehead atoms. The van der Waals surface area contributed by atoms with E-state index in [0.717, 1.165) is 6.07 Å². The number of rotatable bonds is 3. The van der Waals surface area contributed by atoms with Gasteiger partial charge in [-0.3, -0.25) is 4.79 Å². The lowest BCUT2D eigenvalue weighted by Crippen LogP contribution is -2.07. The highest BCUT2D eigenvalue weighted by Gasteiger charge is 2.15. The molecule has 0 heterocycles. The maximum atomic E-state index is 13.0. The topological polar surface area (TPSA) is 37.3 Å². The molecule has 0 fully saturated rings. The van der Waals surface area contributed by atoms with E-state index in [1.165, 1.54) is 19.1 Å². The first-order valence-electron chi connectivity index (χ1n) is 4.13. The van der Waals surface area contributed by atoms with Gasteiger partial charge >= 0.3 is 5.97 Å². The molecule has 1 rings (SSSR count). The van der Waals surface area contributed by atoms with Crippen LogP contribution in [-0.4, -0.2) is 11.1 Å². The van der Waals surface area contributed by atoms with Crippen molar-refractivity contribution in [3.8, 4) is 0 Å². The summed E-state index contributed by atoms with van der Waals surface area (Å²) in [6.45, 7) is 0.569. The molecule has 0 aliphatic carbocycles. The van der Waals surface area contributed by atoms with Crippen LogP contribution in [0.1, 0.15) is 24.0 Å². The molecule has 0 spiro atoms. The van der Waals surface area contributed by atoms with Gasteiger partial charge in [-0.1, -0.05) is 12.1 Å². The number of alkyl halides is 1. The molecule has 1 aromatic carbocycles. The average molecular weight is 200 g/mol. The lowest BCUT2D eigenvalue weighted by Gasteiger charge is -2.07. The number of hydrogen-bond donors (Lipinski definition) is 1. The van der Waals surface area contributed by atoms with Crippen LogP contribution in [0.5, 0.6) is 0 Å². The number of halogens is 2. The molecular formula is C10H10F2O2. The van der Waals surface area contributed by atoms with Gasteiger partial charge in [-0.2, -0.15) is 0 Å². The summed E-state index contributed by atoms with van der Waals surface area (Å²) in [5, 5.41) is 8.66. The van der Waals surface area contributed by atoms with E-state index in [4.69, 9.17) is 5.11 Å². The first kappa shape index (κ1) is 10.6. The molecule has 0 radical (unpaired) electrons. The van der Waals surface area contributed by atoms with Crippen molar-refractivity contribution in [2.24, 2.45) is 0 Å². The molecule has 1 N–H and O–H groups in total. The Labute approximate surface area is 80.2 Å². The fraction of sp³-hybridized carbons (Fsp3) is 0.300. The number of benzene rings is 1. The Morgan fingerprint density at radius 2 is 2.21 bits per heavy atom. The molecule has 0 saturated heterocycles. The summed E-state index contributed by atoms with van der Waals surface area (Å²) >= 11 is 0. The third kappa shape index (κ3) is 2.07. The highest BCUT2D eigenvalue weighted by atomic mass is 19.1. The van der Waals surface area contributed by atoms with E-state index in [2.05, 4.69) is 0 Å². The Bertz CT molecular complexity index is 350. The zero-order valence-corrected chi connectivity index (χ0v) is 7.63. The van der Waals surface area contributed by atoms with Crippen molar-refractivity contribution in [1.82, 2.24) is 0 Å². The van der Waals surface area contributed by atoms with Crippen molar-refractivity contribution in [3.05, 3.63) is 35.1 Å². The third-order valence-corrected chi connectivity index (χ3v) is 2.09. The van der Waals surface area contributed by atoms with Crippen molar-refractivity contribution in [1.29, 1.82) is 0 Å². The smallest absolute Gasteiger partial charge is 0.310 e. The molecule has 0 amide bonds. The normalized spacial score (nSPS) is 12.5. The molecule has 0 aromatic heterocycles. The zero-order chi connectivity index (χ0) is 10.7. The predicted octanol–water partition coefficient (Wildman–Crippen LogP) is 2.48. The Kier molecular flexibility index (Phi) is 3.17. The molecule has 0 saturated carbocycles. The second-order valence-electron chi connectivity index (χ2n) is 3.04. The van der Waals surface area contributed by atoms with Gasteiger partial charge < -0.3 is 5.11 Å². The highest BCUT2D eigenvalue weighted by Crippen LogP contribution is 2.19. The van der Waals surface area contributed by atoms with Gasteiger partial charge in [-0.25, -0.2) is 8.78 Å². The molecule has 1 aromatic rings. The number of hydrogen-bond acceptors (Lipinski definition) is 1. The van der Waals surface area contributed by atoms with Crippen molar-refractivity contribution in [3.63, 3.8) is 0 Å². The van der Waals surface area contributed by atoms with Crippen LogP contribution in [0.25, 0.3) is 0 Å². The second-order valence-corrected chi connectivity index (χ2v) is 3.04. The zero-order valence-electron chi connectivity index (χ0n) is 7.63. The quantitative estimate of drug-likeness (QED) is 0.813. The van der Waals surface area contributed by atoms with E-state index in [-0.39, 0.29) is 5.56 Å². The highest BCUT2D eigenvalue weighted by molar-refractivity contribution is 5.75. The van der Waals surface area contributed by atoms with Gasteiger partial charge in [0.1, 0.15) is 12.5 Å². The van der Waals surface area contributed by atoms with Crippen molar-refractivity contribution in [2.75, 3.05) is 0 Å². The van der Waals surface area contributed by atoms with E-state index in [1.54, 1.807) is 0 Å². The first-order chi connectivity index (χ1) is 6.56. The monoisotopic (exact) mass is 200 g/mol. The fourth-order valence-corrected chi connectivity index (χ4v) is 1.08. The standard InChI is InChI=1S/C10H10F2O2/c1-6(10(13)14)7-2-3-8(5-11)9(12)4-7/h2-4,6H,5H2,1H3,(H,13,14). The van der Waals surface area contributed by atoms with E-state index in [0.29, 0.717) is 5.56 Å². The minimum Gasteiger partial charge on any atom is -0.481 e. The summed E-state index contributed by atoms with van der Waals surface area (Å²) in [7, 11) is 0. The molecular weight excluding hydrogens is 190 g/mol. The Balaban J connectivity index is 3.02. The van der Waals surface area contributed by atoms with Gasteiger partial charge in [0.25, 0.3) is 0 Å². The minimum absolute atomic E-state index is 0.0497. The summed E-state index contributed by atoms with van der Waals surface area (Å²) in [4.78, 5) is 10.6. The summed E-state index contributed by atoms with van der Waals surface area (Å²) in [5.74, 6) is -2.51. The minimum atomic E-state index is -1.03. The molecule has 0 aliphatic rings. The van der Waals surface area contributed by atoms with Crippen LogP contribution in [0.15, 0.2) is 18.2 Å². The molecule has 4 heteroatoms. The molecule has 14 heavy (non-hydrogen) atoms. The number of aliphatic carboxylic acids is 1. The summed E-state index contributed by atoms with van der Waals surface area (Å²) in [6.07, 6.45) is 0. The van der Waals surface area contributed by atoms with E-state index < -0.39 is 24.4 Å². The van der Waals surface area contributed by atoms with Gasteiger partial charge in [0.2, 0.25) is 0 Å². The largest absolute Gasteiger partial charge is 0.481 e. The van der Waals surface area contributed by atoms with Crippen LogP contribution in [0.4, 0.5) is 8.78 Å². The van der Waals surface area contributed by atoms with Crippen LogP contribution in [0, 0.1) is 5.82 Å². The summed E-state index contributed by atoms with van der Waals surface area (Å²) in [6, 6.07) is 3.76. The Hall–Kier alpha value is -1.45. The molecule has 76 valence electrons. The first-order valence-corrected chi connectivity index (χ1v) is 4.13. The third-order valence-electron chi connectivity index (χ3n) is 2.09. The Morgan fingerprint density at radius 1 is 1.57 bits per heavy atom. The lowest BCUT2D eigenvalue weighted by atomic mass is 10.00. The van der Waals surface area contributed by atoms with E-state index >= 15 is 0 Å². The van der Waals surface area contributed by atoms with E-state index in [1.807, 2.05) is 0 Å².